The minimum atomic E-state index is 0.0906. The van der Waals surface area contributed by atoms with Gasteiger partial charge in [0.2, 0.25) is 0 Å². The number of carbonyl (C=O) groups is 1. The van der Waals surface area contributed by atoms with Crippen LogP contribution in [-0.4, -0.2) is 5.78 Å². The van der Waals surface area contributed by atoms with E-state index in [1.54, 1.807) is 6.07 Å². The van der Waals surface area contributed by atoms with Crippen LogP contribution in [0.2, 0.25) is 5.02 Å². The summed E-state index contributed by atoms with van der Waals surface area (Å²) in [6.07, 6.45) is 0.364. The molecule has 18 heavy (non-hydrogen) atoms. The van der Waals surface area contributed by atoms with Crippen LogP contribution in [0.25, 0.3) is 0 Å². The van der Waals surface area contributed by atoms with E-state index in [1.165, 1.54) is 0 Å². The van der Waals surface area contributed by atoms with Gasteiger partial charge in [0.15, 0.2) is 5.78 Å². The van der Waals surface area contributed by atoms with Crippen molar-refractivity contribution in [2.75, 3.05) is 0 Å². The Hall–Kier alpha value is -1.12. The summed E-state index contributed by atoms with van der Waals surface area (Å²) in [5, 5.41) is 0.656. The zero-order valence-corrected chi connectivity index (χ0v) is 12.3. The molecule has 0 atom stereocenters. The molecule has 2 rings (SSSR count). The highest BCUT2D eigenvalue weighted by Crippen LogP contribution is 2.23. The third kappa shape index (κ3) is 3.01. The average Bonchev–Trinajstić information content (AvgIpc) is 2.32. The second kappa shape index (κ2) is 5.68. The molecular weight excluding hydrogens is 312 g/mol. The van der Waals surface area contributed by atoms with E-state index in [9.17, 15) is 4.79 Å². The number of aryl methyl sites for hydroxylation is 1. The topological polar surface area (TPSA) is 17.1 Å². The van der Waals surface area contributed by atoms with Gasteiger partial charge < -0.3 is 0 Å². The van der Waals surface area contributed by atoms with Crippen molar-refractivity contribution < 1.29 is 4.79 Å². The van der Waals surface area contributed by atoms with Crippen LogP contribution in [-0.2, 0) is 6.42 Å². The number of rotatable bonds is 3. The number of halogens is 2. The molecule has 0 radical (unpaired) electrons. The highest BCUT2D eigenvalue weighted by atomic mass is 79.9. The predicted octanol–water partition coefficient (Wildman–Crippen LogP) is 4.84. The first-order valence-corrected chi connectivity index (χ1v) is 6.78. The van der Waals surface area contributed by atoms with Crippen molar-refractivity contribution >= 4 is 33.3 Å². The summed E-state index contributed by atoms with van der Waals surface area (Å²) in [5.74, 6) is 0.0906. The minimum absolute atomic E-state index is 0.0906. The molecule has 0 N–H and O–H groups in total. The summed E-state index contributed by atoms with van der Waals surface area (Å²) in [4.78, 5) is 12.2. The van der Waals surface area contributed by atoms with Crippen molar-refractivity contribution in [1.82, 2.24) is 0 Å². The second-order valence-corrected chi connectivity index (χ2v) is 5.40. The quantitative estimate of drug-likeness (QED) is 0.739. The number of Topliss-reactive ketones (excluding diaryl/α,β-unsaturated/α-hetero) is 1. The van der Waals surface area contributed by atoms with Crippen LogP contribution in [0.15, 0.2) is 46.9 Å². The zero-order valence-electron chi connectivity index (χ0n) is 9.91. The Morgan fingerprint density at radius 2 is 1.94 bits per heavy atom. The Morgan fingerprint density at radius 3 is 2.67 bits per heavy atom. The Morgan fingerprint density at radius 1 is 1.22 bits per heavy atom. The van der Waals surface area contributed by atoms with Crippen molar-refractivity contribution in [2.45, 2.75) is 13.3 Å². The fourth-order valence-electron chi connectivity index (χ4n) is 1.79. The third-order valence-electron chi connectivity index (χ3n) is 2.75. The number of hydrogen-bond donors (Lipinski definition) is 0. The predicted molar refractivity (Wildman–Crippen MR) is 78.4 cm³/mol. The largest absolute Gasteiger partial charge is 0.294 e. The zero-order chi connectivity index (χ0) is 13.1. The minimum Gasteiger partial charge on any atom is -0.294 e. The number of ketones is 1. The van der Waals surface area contributed by atoms with Gasteiger partial charge in [0.1, 0.15) is 0 Å². The van der Waals surface area contributed by atoms with Crippen molar-refractivity contribution in [3.05, 3.63) is 68.7 Å². The van der Waals surface area contributed by atoms with E-state index in [1.807, 2.05) is 43.3 Å². The monoisotopic (exact) mass is 322 g/mol. The third-order valence-corrected chi connectivity index (χ3v) is 4.03. The first-order chi connectivity index (χ1) is 8.58. The lowest BCUT2D eigenvalue weighted by atomic mass is 10.0. The molecule has 0 spiro atoms. The van der Waals surface area contributed by atoms with Crippen LogP contribution in [0.5, 0.6) is 0 Å². The molecule has 0 saturated carbocycles. The van der Waals surface area contributed by atoms with Gasteiger partial charge in [-0.25, -0.2) is 0 Å². The number of benzene rings is 2. The lowest BCUT2D eigenvalue weighted by Crippen LogP contribution is -2.05. The van der Waals surface area contributed by atoms with E-state index in [-0.39, 0.29) is 5.78 Å². The van der Waals surface area contributed by atoms with Gasteiger partial charge in [0.05, 0.1) is 0 Å². The van der Waals surface area contributed by atoms with E-state index in [4.69, 9.17) is 11.6 Å². The first-order valence-electron chi connectivity index (χ1n) is 5.60. The number of hydrogen-bond acceptors (Lipinski definition) is 1. The molecule has 0 aliphatic heterocycles. The van der Waals surface area contributed by atoms with E-state index < -0.39 is 0 Å². The van der Waals surface area contributed by atoms with E-state index in [0.29, 0.717) is 11.4 Å². The summed E-state index contributed by atoms with van der Waals surface area (Å²) >= 11 is 9.37. The molecular formula is C15H12BrClO. The summed E-state index contributed by atoms with van der Waals surface area (Å²) in [6, 6.07) is 13.1. The fraction of sp³-hybridized carbons (Fsp3) is 0.133. The van der Waals surface area contributed by atoms with Gasteiger partial charge in [-0.05, 0) is 46.1 Å². The van der Waals surface area contributed by atoms with Gasteiger partial charge in [-0.3, -0.25) is 4.79 Å². The van der Waals surface area contributed by atoms with Gasteiger partial charge in [-0.2, -0.15) is 0 Å². The molecule has 0 aliphatic carbocycles. The molecule has 0 aromatic heterocycles. The van der Waals surface area contributed by atoms with Crippen LogP contribution < -0.4 is 0 Å². The van der Waals surface area contributed by atoms with Crippen LogP contribution in [0.1, 0.15) is 21.5 Å². The number of carbonyl (C=O) groups excluding carboxylic acids is 1. The molecule has 0 fully saturated rings. The molecule has 0 heterocycles. The average molecular weight is 324 g/mol. The Kier molecular flexibility index (Phi) is 4.20. The van der Waals surface area contributed by atoms with Gasteiger partial charge in [0, 0.05) is 21.5 Å². The van der Waals surface area contributed by atoms with Crippen molar-refractivity contribution in [2.24, 2.45) is 0 Å². The normalized spacial score (nSPS) is 10.4. The molecule has 0 aliphatic rings. The molecule has 3 heteroatoms. The Labute approximate surface area is 120 Å². The lowest BCUT2D eigenvalue weighted by molar-refractivity contribution is 0.0992. The summed E-state index contributed by atoms with van der Waals surface area (Å²) in [6.45, 7) is 1.97. The molecule has 0 bridgehead atoms. The van der Waals surface area contributed by atoms with Crippen molar-refractivity contribution in [3.63, 3.8) is 0 Å². The first kappa shape index (κ1) is 13.3. The van der Waals surface area contributed by atoms with Crippen LogP contribution in [0, 0.1) is 6.92 Å². The molecule has 0 saturated heterocycles. The Bertz CT molecular complexity index is 593. The second-order valence-electron chi connectivity index (χ2n) is 4.17. The van der Waals surface area contributed by atoms with E-state index in [2.05, 4.69) is 15.9 Å². The van der Waals surface area contributed by atoms with Gasteiger partial charge in [-0.15, -0.1) is 0 Å². The molecule has 0 unspecified atom stereocenters. The summed E-state index contributed by atoms with van der Waals surface area (Å²) < 4.78 is 0.872. The molecule has 92 valence electrons. The van der Waals surface area contributed by atoms with Crippen LogP contribution in [0.3, 0.4) is 0 Å². The van der Waals surface area contributed by atoms with Gasteiger partial charge in [0.25, 0.3) is 0 Å². The van der Waals surface area contributed by atoms with E-state index >= 15 is 0 Å². The van der Waals surface area contributed by atoms with E-state index in [0.717, 1.165) is 21.2 Å². The van der Waals surface area contributed by atoms with Crippen LogP contribution >= 0.6 is 27.5 Å². The van der Waals surface area contributed by atoms with Gasteiger partial charge >= 0.3 is 0 Å². The SMILES string of the molecule is Cc1cccc(C(=O)Cc2cccc(Cl)c2)c1Br. The summed E-state index contributed by atoms with van der Waals surface area (Å²) in [5.41, 5.74) is 2.71. The fourth-order valence-corrected chi connectivity index (χ4v) is 2.49. The smallest absolute Gasteiger partial charge is 0.168 e. The molecule has 1 nitrogen and oxygen atoms in total. The molecule has 0 amide bonds. The standard InChI is InChI=1S/C15H12BrClO/c1-10-4-2-7-13(15(10)16)14(18)9-11-5-3-6-12(17)8-11/h2-8H,9H2,1H3. The lowest BCUT2D eigenvalue weighted by Gasteiger charge is -2.06. The Balaban J connectivity index is 2.25. The van der Waals surface area contributed by atoms with Crippen LogP contribution in [0.4, 0.5) is 0 Å². The maximum absolute atomic E-state index is 12.2. The van der Waals surface area contributed by atoms with Gasteiger partial charge in [-0.1, -0.05) is 41.9 Å². The maximum Gasteiger partial charge on any atom is 0.168 e. The van der Waals surface area contributed by atoms with Crippen molar-refractivity contribution in [3.8, 4) is 0 Å². The molecule has 2 aromatic rings. The highest BCUT2D eigenvalue weighted by Gasteiger charge is 2.12. The molecule has 2 aromatic carbocycles. The summed E-state index contributed by atoms with van der Waals surface area (Å²) in [7, 11) is 0. The van der Waals surface area contributed by atoms with Crippen molar-refractivity contribution in [1.29, 1.82) is 0 Å². The maximum atomic E-state index is 12.2. The highest BCUT2D eigenvalue weighted by molar-refractivity contribution is 9.10.